The molecule has 4 aliphatic rings. The Hall–Kier alpha value is -2.64. The minimum absolute atomic E-state index is 0.527. The summed E-state index contributed by atoms with van der Waals surface area (Å²) in [6.07, 6.45) is 9.62. The molecule has 2 aromatic heterocycles. The van der Waals surface area contributed by atoms with Crippen LogP contribution < -0.4 is 9.47 Å². The molecule has 2 aliphatic carbocycles. The lowest BCUT2D eigenvalue weighted by Crippen LogP contribution is -2.42. The topological polar surface area (TPSA) is 55.7 Å². The minimum Gasteiger partial charge on any atom is -0.493 e. The predicted octanol–water partition coefficient (Wildman–Crippen LogP) is 5.40. The van der Waals surface area contributed by atoms with Crippen molar-refractivity contribution in [2.24, 2.45) is 18.9 Å². The predicted molar refractivity (Wildman–Crippen MR) is 155 cm³/mol. The number of ether oxygens (including phenoxy) is 2. The van der Waals surface area contributed by atoms with Gasteiger partial charge in [-0.25, -0.2) is 9.97 Å². The van der Waals surface area contributed by atoms with Crippen LogP contribution in [0.15, 0.2) is 24.3 Å². The maximum absolute atomic E-state index is 5.54. The first kappa shape index (κ1) is 25.3. The zero-order valence-electron chi connectivity index (χ0n) is 24.0. The van der Waals surface area contributed by atoms with Crippen LogP contribution in [0, 0.1) is 18.8 Å². The van der Waals surface area contributed by atoms with Gasteiger partial charge in [-0.1, -0.05) is 6.42 Å². The molecule has 2 saturated heterocycles. The smallest absolute Gasteiger partial charge is 0.161 e. The molecule has 39 heavy (non-hydrogen) atoms. The van der Waals surface area contributed by atoms with Crippen molar-refractivity contribution in [1.82, 2.24) is 24.3 Å². The van der Waals surface area contributed by atoms with E-state index in [1.54, 1.807) is 14.2 Å². The fourth-order valence-corrected chi connectivity index (χ4v) is 7.98. The third-order valence-electron chi connectivity index (χ3n) is 10.5. The highest BCUT2D eigenvalue weighted by atomic mass is 16.5. The summed E-state index contributed by atoms with van der Waals surface area (Å²) in [4.78, 5) is 15.9. The van der Waals surface area contributed by atoms with E-state index in [1.165, 1.54) is 82.4 Å². The number of aromatic nitrogens is 3. The average Bonchev–Trinajstić information content (AvgIpc) is 3.60. The molecule has 0 bridgehead atoms. The van der Waals surface area contributed by atoms with Crippen LogP contribution in [-0.4, -0.2) is 76.8 Å². The Morgan fingerprint density at radius 2 is 1.54 bits per heavy atom. The molecule has 208 valence electrons. The fraction of sp³-hybridized carbons (Fsp3) is 0.625. The van der Waals surface area contributed by atoms with Gasteiger partial charge in [0.2, 0.25) is 0 Å². The van der Waals surface area contributed by atoms with Gasteiger partial charge in [-0.3, -0.25) is 4.90 Å². The van der Waals surface area contributed by atoms with E-state index in [9.17, 15) is 0 Å². The van der Waals surface area contributed by atoms with E-state index in [-0.39, 0.29) is 0 Å². The van der Waals surface area contributed by atoms with Crippen LogP contribution in [-0.2, 0) is 7.05 Å². The Balaban J connectivity index is 1.04. The second kappa shape index (κ2) is 10.1. The summed E-state index contributed by atoms with van der Waals surface area (Å²) >= 11 is 0. The standard InChI is InChI=1S/C32H43N5O2/c1-20-14-27(33-32-30(20)34-31(35(32)2)22-8-9-28(38-3)29(17-22)39-4)21-10-12-36(13-11-21)26-15-23-18-37(19-24(23)16-26)25-6-5-7-25/h8-9,14,17,21,23-26H,5-7,10-13,15-16,18-19H2,1-4H3/t23-,24+,26?. The molecule has 3 atom stereocenters. The summed E-state index contributed by atoms with van der Waals surface area (Å²) in [5, 5.41) is 0. The van der Waals surface area contributed by atoms with Crippen molar-refractivity contribution >= 4 is 11.2 Å². The molecule has 2 aliphatic heterocycles. The normalized spacial score (nSPS) is 26.7. The molecule has 4 heterocycles. The first-order valence-corrected chi connectivity index (χ1v) is 15.1. The SMILES string of the molecule is COc1ccc(-c2nc3c(C)cc(C4CCN(C5C[C@@H]6CN(C7CCC7)C[C@@H]6C5)CC4)nc3n2C)cc1OC. The maximum atomic E-state index is 5.54. The number of piperidine rings is 1. The lowest BCUT2D eigenvalue weighted by atomic mass is 9.90. The van der Waals surface area contributed by atoms with E-state index in [2.05, 4.69) is 34.4 Å². The first-order chi connectivity index (χ1) is 19.0. The van der Waals surface area contributed by atoms with Crippen LogP contribution in [0.25, 0.3) is 22.6 Å². The van der Waals surface area contributed by atoms with E-state index in [4.69, 9.17) is 19.4 Å². The molecule has 3 aromatic rings. The molecule has 4 fully saturated rings. The number of fused-ring (bicyclic) bond motifs is 2. The molecule has 7 rings (SSSR count). The van der Waals surface area contributed by atoms with E-state index in [1.807, 2.05) is 18.2 Å². The zero-order chi connectivity index (χ0) is 26.7. The van der Waals surface area contributed by atoms with Gasteiger partial charge in [0, 0.05) is 49.4 Å². The molecule has 1 unspecified atom stereocenters. The Bertz CT molecular complexity index is 1340. The number of pyridine rings is 1. The maximum Gasteiger partial charge on any atom is 0.161 e. The monoisotopic (exact) mass is 529 g/mol. The number of rotatable bonds is 6. The third kappa shape index (κ3) is 4.42. The van der Waals surface area contributed by atoms with Gasteiger partial charge in [-0.05, 0) is 100 Å². The number of imidazole rings is 1. The van der Waals surface area contributed by atoms with Crippen molar-refractivity contribution in [2.75, 3.05) is 40.4 Å². The molecular weight excluding hydrogens is 486 g/mol. The highest BCUT2D eigenvalue weighted by Gasteiger charge is 2.45. The van der Waals surface area contributed by atoms with Gasteiger partial charge in [-0.2, -0.15) is 0 Å². The molecule has 1 aromatic carbocycles. The van der Waals surface area contributed by atoms with Crippen molar-refractivity contribution in [3.63, 3.8) is 0 Å². The van der Waals surface area contributed by atoms with Gasteiger partial charge in [-0.15, -0.1) is 0 Å². The Morgan fingerprint density at radius 3 is 2.18 bits per heavy atom. The summed E-state index contributed by atoms with van der Waals surface area (Å²) in [6, 6.07) is 10.00. The number of nitrogens with zero attached hydrogens (tertiary/aromatic N) is 5. The highest BCUT2D eigenvalue weighted by molar-refractivity contribution is 5.81. The Morgan fingerprint density at radius 1 is 0.821 bits per heavy atom. The number of hydrogen-bond acceptors (Lipinski definition) is 6. The second-order valence-electron chi connectivity index (χ2n) is 12.6. The molecule has 0 N–H and O–H groups in total. The van der Waals surface area contributed by atoms with Crippen LogP contribution in [0.4, 0.5) is 0 Å². The van der Waals surface area contributed by atoms with Gasteiger partial charge in [0.25, 0.3) is 0 Å². The van der Waals surface area contributed by atoms with Crippen LogP contribution in [0.3, 0.4) is 0 Å². The van der Waals surface area contributed by atoms with Crippen molar-refractivity contribution in [3.8, 4) is 22.9 Å². The first-order valence-electron chi connectivity index (χ1n) is 15.1. The lowest BCUT2D eigenvalue weighted by Gasteiger charge is -2.38. The lowest BCUT2D eigenvalue weighted by molar-refractivity contribution is 0.120. The molecule has 0 amide bonds. The fourth-order valence-electron chi connectivity index (χ4n) is 7.98. The summed E-state index contributed by atoms with van der Waals surface area (Å²) in [6.45, 7) is 7.35. The number of aryl methyl sites for hydroxylation is 2. The number of methoxy groups -OCH3 is 2. The second-order valence-corrected chi connectivity index (χ2v) is 12.6. The molecule has 2 saturated carbocycles. The van der Waals surface area contributed by atoms with Crippen molar-refractivity contribution in [3.05, 3.63) is 35.5 Å². The summed E-state index contributed by atoms with van der Waals surface area (Å²) in [5.41, 5.74) is 5.40. The molecular formula is C32H43N5O2. The summed E-state index contributed by atoms with van der Waals surface area (Å²) in [7, 11) is 5.40. The average molecular weight is 530 g/mol. The van der Waals surface area contributed by atoms with E-state index < -0.39 is 0 Å². The molecule has 7 nitrogen and oxygen atoms in total. The van der Waals surface area contributed by atoms with Gasteiger partial charge in [0.05, 0.1) is 14.2 Å². The van der Waals surface area contributed by atoms with E-state index >= 15 is 0 Å². The number of hydrogen-bond donors (Lipinski definition) is 0. The van der Waals surface area contributed by atoms with Crippen LogP contribution in [0.2, 0.25) is 0 Å². The Labute approximate surface area is 232 Å². The van der Waals surface area contributed by atoms with Gasteiger partial charge in [0.15, 0.2) is 17.1 Å². The molecule has 7 heteroatoms. The van der Waals surface area contributed by atoms with Crippen LogP contribution >= 0.6 is 0 Å². The largest absolute Gasteiger partial charge is 0.493 e. The van der Waals surface area contributed by atoms with Gasteiger partial charge >= 0.3 is 0 Å². The minimum atomic E-state index is 0.527. The quantitative estimate of drug-likeness (QED) is 0.426. The van der Waals surface area contributed by atoms with Crippen molar-refractivity contribution < 1.29 is 9.47 Å². The van der Waals surface area contributed by atoms with Crippen molar-refractivity contribution in [2.45, 2.75) is 69.9 Å². The summed E-state index contributed by atoms with van der Waals surface area (Å²) in [5.74, 6) is 4.75. The third-order valence-corrected chi connectivity index (χ3v) is 10.5. The highest BCUT2D eigenvalue weighted by Crippen LogP contribution is 2.44. The molecule has 0 radical (unpaired) electrons. The molecule has 0 spiro atoms. The van der Waals surface area contributed by atoms with Crippen LogP contribution in [0.5, 0.6) is 11.5 Å². The zero-order valence-corrected chi connectivity index (χ0v) is 24.0. The van der Waals surface area contributed by atoms with E-state index in [0.717, 1.165) is 52.2 Å². The van der Waals surface area contributed by atoms with Gasteiger partial charge < -0.3 is 18.9 Å². The van der Waals surface area contributed by atoms with E-state index in [0.29, 0.717) is 11.7 Å². The summed E-state index contributed by atoms with van der Waals surface area (Å²) < 4.78 is 13.1. The van der Waals surface area contributed by atoms with Gasteiger partial charge in [0.1, 0.15) is 11.3 Å². The number of benzene rings is 1. The van der Waals surface area contributed by atoms with Crippen LogP contribution in [0.1, 0.15) is 62.1 Å². The Kier molecular flexibility index (Phi) is 6.55. The number of likely N-dealkylation sites (tertiary alicyclic amines) is 2. The van der Waals surface area contributed by atoms with Crippen molar-refractivity contribution in [1.29, 1.82) is 0 Å².